The summed E-state index contributed by atoms with van der Waals surface area (Å²) in [7, 11) is 0. The Morgan fingerprint density at radius 1 is 1.23 bits per heavy atom. The zero-order chi connectivity index (χ0) is 18.4. The third-order valence-corrected chi connectivity index (χ3v) is 6.34. The number of carbonyl (C=O) groups excluding carboxylic acids is 1. The van der Waals surface area contributed by atoms with Crippen molar-refractivity contribution in [2.75, 3.05) is 10.7 Å². The van der Waals surface area contributed by atoms with Gasteiger partial charge >= 0.3 is 0 Å². The van der Waals surface area contributed by atoms with Crippen LogP contribution in [0, 0.1) is 10.1 Å². The molecule has 0 unspecified atom stereocenters. The van der Waals surface area contributed by atoms with Crippen molar-refractivity contribution in [3.8, 4) is 0 Å². The summed E-state index contributed by atoms with van der Waals surface area (Å²) < 4.78 is 0. The number of hydrogen-bond acceptors (Lipinski definition) is 5. The van der Waals surface area contributed by atoms with Crippen molar-refractivity contribution in [3.63, 3.8) is 0 Å². The molecule has 2 aromatic rings. The van der Waals surface area contributed by atoms with Gasteiger partial charge in [-0.15, -0.1) is 11.8 Å². The predicted molar refractivity (Wildman–Crippen MR) is 105 cm³/mol. The van der Waals surface area contributed by atoms with Crippen molar-refractivity contribution < 1.29 is 9.72 Å². The van der Waals surface area contributed by atoms with Crippen molar-refractivity contribution in [1.29, 1.82) is 0 Å². The van der Waals surface area contributed by atoms with Crippen LogP contribution in [0.1, 0.15) is 10.9 Å². The lowest BCUT2D eigenvalue weighted by atomic mass is 10.1. The van der Waals surface area contributed by atoms with Gasteiger partial charge in [-0.1, -0.05) is 23.7 Å². The normalized spacial score (nSPS) is 22.0. The van der Waals surface area contributed by atoms with Crippen LogP contribution < -0.4 is 4.90 Å². The number of benzene rings is 2. The van der Waals surface area contributed by atoms with Gasteiger partial charge in [0.05, 0.1) is 10.6 Å². The Kier molecular flexibility index (Phi) is 4.34. The van der Waals surface area contributed by atoms with E-state index in [4.69, 9.17) is 23.8 Å². The molecule has 6 nitrogen and oxygen atoms in total. The van der Waals surface area contributed by atoms with Gasteiger partial charge in [0.1, 0.15) is 11.4 Å². The number of carbonyl (C=O) groups is 1. The highest BCUT2D eigenvalue weighted by atomic mass is 35.5. The molecule has 0 spiro atoms. The first-order valence-corrected chi connectivity index (χ1v) is 9.58. The molecule has 2 saturated heterocycles. The number of halogens is 1. The van der Waals surface area contributed by atoms with E-state index in [-0.39, 0.29) is 23.0 Å². The summed E-state index contributed by atoms with van der Waals surface area (Å²) in [5, 5.41) is 11.8. The molecular formula is C17H12ClN3O3S2. The maximum Gasteiger partial charge on any atom is 0.269 e. The zero-order valence-electron chi connectivity index (χ0n) is 13.2. The fraction of sp³-hybridized carbons (Fsp3) is 0.176. The Balaban J connectivity index is 1.68. The average Bonchev–Trinajstić information content (AvgIpc) is 3.17. The molecule has 0 N–H and O–H groups in total. The van der Waals surface area contributed by atoms with Crippen LogP contribution in [0.2, 0.25) is 5.02 Å². The highest BCUT2D eigenvalue weighted by Gasteiger charge is 2.50. The summed E-state index contributed by atoms with van der Waals surface area (Å²) in [6, 6.07) is 13.0. The second-order valence-electron chi connectivity index (χ2n) is 5.89. The van der Waals surface area contributed by atoms with E-state index in [1.54, 1.807) is 42.1 Å². The van der Waals surface area contributed by atoms with Gasteiger partial charge in [-0.2, -0.15) is 0 Å². The van der Waals surface area contributed by atoms with Gasteiger partial charge in [-0.05, 0) is 42.0 Å². The van der Waals surface area contributed by atoms with E-state index in [1.807, 2.05) is 11.0 Å². The maximum absolute atomic E-state index is 12.9. The maximum atomic E-state index is 12.9. The van der Waals surface area contributed by atoms with Crippen LogP contribution in [0.25, 0.3) is 0 Å². The Hall–Kier alpha value is -2.16. The zero-order valence-corrected chi connectivity index (χ0v) is 15.6. The summed E-state index contributed by atoms with van der Waals surface area (Å²) in [6.45, 7) is 0. The summed E-state index contributed by atoms with van der Waals surface area (Å²) >= 11 is 13.1. The van der Waals surface area contributed by atoms with E-state index in [0.29, 0.717) is 21.6 Å². The second-order valence-corrected chi connectivity index (χ2v) is 7.81. The van der Waals surface area contributed by atoms with Gasteiger partial charge in [-0.25, -0.2) is 0 Å². The lowest BCUT2D eigenvalue weighted by Gasteiger charge is -2.25. The van der Waals surface area contributed by atoms with Crippen LogP contribution in [0.4, 0.5) is 11.4 Å². The molecule has 0 saturated carbocycles. The molecule has 9 heteroatoms. The number of thiocarbonyl (C=S) groups is 1. The first-order chi connectivity index (χ1) is 12.5. The number of nitrogens with zero attached hydrogens (tertiary/aromatic N) is 3. The molecule has 2 fully saturated rings. The standard InChI is InChI=1S/C17H12ClN3O3S2/c18-11-4-6-12(7-5-11)19-15(22)14-9-26-16(20(14)17(19)25)10-2-1-3-13(8-10)21(23)24/h1-8,14,16H,9H2/t14-,16+/m0/s1. The van der Waals surface area contributed by atoms with Gasteiger partial charge < -0.3 is 4.90 Å². The number of anilines is 1. The number of thioether (sulfide) groups is 1. The molecule has 0 bridgehead atoms. The fourth-order valence-corrected chi connectivity index (χ4v) is 5.20. The lowest BCUT2D eigenvalue weighted by molar-refractivity contribution is -0.384. The molecular weight excluding hydrogens is 394 g/mol. The highest BCUT2D eigenvalue weighted by Crippen LogP contribution is 2.46. The van der Waals surface area contributed by atoms with Crippen molar-refractivity contribution in [2.45, 2.75) is 11.4 Å². The fourth-order valence-electron chi connectivity index (χ4n) is 3.17. The van der Waals surface area contributed by atoms with E-state index in [9.17, 15) is 14.9 Å². The van der Waals surface area contributed by atoms with E-state index in [1.165, 1.54) is 17.0 Å². The number of nitro benzene ring substituents is 1. The Labute approximate surface area is 163 Å². The van der Waals surface area contributed by atoms with Gasteiger partial charge in [0.15, 0.2) is 5.11 Å². The molecule has 0 radical (unpaired) electrons. The third kappa shape index (κ3) is 2.74. The number of hydrogen-bond donors (Lipinski definition) is 0. The summed E-state index contributed by atoms with van der Waals surface area (Å²) in [5.74, 6) is 0.494. The number of nitro groups is 1. The van der Waals surface area contributed by atoms with Crippen molar-refractivity contribution >= 4 is 58.0 Å². The SMILES string of the molecule is O=C1[C@@H]2CS[C@H](c3cccc([N+](=O)[O-])c3)N2C(=S)N1c1ccc(Cl)cc1. The van der Waals surface area contributed by atoms with Crippen LogP contribution in [-0.4, -0.2) is 32.6 Å². The Bertz CT molecular complexity index is 922. The highest BCUT2D eigenvalue weighted by molar-refractivity contribution is 7.99. The second kappa shape index (κ2) is 6.53. The minimum Gasteiger partial charge on any atom is -0.319 e. The monoisotopic (exact) mass is 405 g/mol. The molecule has 1 amide bonds. The number of amides is 1. The van der Waals surface area contributed by atoms with Gasteiger partial charge in [0, 0.05) is 22.9 Å². The molecule has 132 valence electrons. The quantitative estimate of drug-likeness (QED) is 0.437. The van der Waals surface area contributed by atoms with Crippen molar-refractivity contribution in [2.24, 2.45) is 0 Å². The molecule has 2 heterocycles. The first-order valence-electron chi connectivity index (χ1n) is 7.75. The van der Waals surface area contributed by atoms with E-state index in [0.717, 1.165) is 5.56 Å². The summed E-state index contributed by atoms with van der Waals surface area (Å²) in [4.78, 5) is 26.9. The lowest BCUT2D eigenvalue weighted by Crippen LogP contribution is -2.33. The largest absolute Gasteiger partial charge is 0.319 e. The molecule has 4 rings (SSSR count). The topological polar surface area (TPSA) is 66.7 Å². The third-order valence-electron chi connectivity index (χ3n) is 4.37. The predicted octanol–water partition coefficient (Wildman–Crippen LogP) is 4.00. The summed E-state index contributed by atoms with van der Waals surface area (Å²) in [6.07, 6.45) is 0. The van der Waals surface area contributed by atoms with Gasteiger partial charge in [0.25, 0.3) is 11.6 Å². The van der Waals surface area contributed by atoms with Crippen LogP contribution >= 0.6 is 35.6 Å². The molecule has 2 aromatic carbocycles. The van der Waals surface area contributed by atoms with Crippen molar-refractivity contribution in [1.82, 2.24) is 4.90 Å². The summed E-state index contributed by atoms with van der Waals surface area (Å²) in [5.41, 5.74) is 1.46. The van der Waals surface area contributed by atoms with Gasteiger partial charge in [-0.3, -0.25) is 19.8 Å². The first kappa shape index (κ1) is 17.3. The number of rotatable bonds is 3. The molecule has 0 aromatic heterocycles. The van der Waals surface area contributed by atoms with Crippen LogP contribution in [0.3, 0.4) is 0 Å². The number of non-ortho nitro benzene ring substituents is 1. The molecule has 0 aliphatic carbocycles. The Morgan fingerprint density at radius 3 is 2.65 bits per heavy atom. The molecule has 2 aliphatic rings. The van der Waals surface area contributed by atoms with Crippen LogP contribution in [0.15, 0.2) is 48.5 Å². The molecule has 26 heavy (non-hydrogen) atoms. The Morgan fingerprint density at radius 2 is 1.96 bits per heavy atom. The molecule has 2 atom stereocenters. The van der Waals surface area contributed by atoms with Gasteiger partial charge in [0.2, 0.25) is 0 Å². The number of fused-ring (bicyclic) bond motifs is 1. The minimum absolute atomic E-state index is 0.0255. The van der Waals surface area contributed by atoms with Crippen LogP contribution in [-0.2, 0) is 4.79 Å². The van der Waals surface area contributed by atoms with E-state index < -0.39 is 4.92 Å². The average molecular weight is 406 g/mol. The smallest absolute Gasteiger partial charge is 0.269 e. The molecule has 2 aliphatic heterocycles. The van der Waals surface area contributed by atoms with Crippen molar-refractivity contribution in [3.05, 3.63) is 69.2 Å². The van der Waals surface area contributed by atoms with E-state index >= 15 is 0 Å². The van der Waals surface area contributed by atoms with E-state index in [2.05, 4.69) is 0 Å². The van der Waals surface area contributed by atoms with Crippen LogP contribution in [0.5, 0.6) is 0 Å². The minimum atomic E-state index is -0.423.